The van der Waals surface area contributed by atoms with Gasteiger partial charge in [-0.15, -0.1) is 0 Å². The molecule has 0 fully saturated rings. The average Bonchev–Trinajstić information content (AvgIpc) is 2.39. The third kappa shape index (κ3) is 5.29. The number of carbonyl (C=O) groups excluding carboxylic acids is 1. The van der Waals surface area contributed by atoms with Gasteiger partial charge in [0.05, 0.1) is 12.5 Å². The normalized spacial score (nSPS) is 14.3. The van der Waals surface area contributed by atoms with Crippen molar-refractivity contribution in [1.29, 1.82) is 0 Å². The first kappa shape index (κ1) is 16.6. The highest BCUT2D eigenvalue weighted by Gasteiger charge is 2.19. The Labute approximate surface area is 121 Å². The molecule has 0 aliphatic rings. The van der Waals surface area contributed by atoms with Gasteiger partial charge in [-0.3, -0.25) is 9.78 Å². The Bertz CT molecular complexity index is 404. The number of amides is 1. The van der Waals surface area contributed by atoms with Crippen molar-refractivity contribution in [3.63, 3.8) is 0 Å². The van der Waals surface area contributed by atoms with Crippen LogP contribution < -0.4 is 5.32 Å². The molecule has 2 atom stereocenters. The predicted octanol–water partition coefficient (Wildman–Crippen LogP) is 2.34. The zero-order chi connectivity index (χ0) is 15.1. The van der Waals surface area contributed by atoms with E-state index in [0.717, 1.165) is 5.56 Å². The second-order valence-electron chi connectivity index (χ2n) is 5.96. The molecule has 0 aromatic carbocycles. The fourth-order valence-electron chi connectivity index (χ4n) is 2.06. The highest BCUT2D eigenvalue weighted by Crippen LogP contribution is 2.22. The van der Waals surface area contributed by atoms with Crippen molar-refractivity contribution in [3.05, 3.63) is 30.1 Å². The van der Waals surface area contributed by atoms with Crippen LogP contribution in [0, 0.1) is 11.8 Å². The van der Waals surface area contributed by atoms with Crippen LogP contribution in [0.3, 0.4) is 0 Å². The highest BCUT2D eigenvalue weighted by molar-refractivity contribution is 5.76. The van der Waals surface area contributed by atoms with Gasteiger partial charge in [-0.05, 0) is 23.5 Å². The van der Waals surface area contributed by atoms with Crippen LogP contribution in [-0.4, -0.2) is 28.6 Å². The molecule has 1 amide bonds. The van der Waals surface area contributed by atoms with Crippen LogP contribution >= 0.6 is 0 Å². The van der Waals surface area contributed by atoms with Gasteiger partial charge in [-0.2, -0.15) is 0 Å². The zero-order valence-corrected chi connectivity index (χ0v) is 12.8. The van der Waals surface area contributed by atoms with Crippen molar-refractivity contribution in [3.8, 4) is 0 Å². The van der Waals surface area contributed by atoms with Crippen LogP contribution in [0.5, 0.6) is 0 Å². The van der Waals surface area contributed by atoms with Gasteiger partial charge in [0, 0.05) is 24.9 Å². The molecule has 1 heterocycles. The Morgan fingerprint density at radius 3 is 2.50 bits per heavy atom. The summed E-state index contributed by atoms with van der Waals surface area (Å²) in [5.41, 5.74) is 1.13. The predicted molar refractivity (Wildman–Crippen MR) is 80.3 cm³/mol. The smallest absolute Gasteiger partial charge is 0.222 e. The van der Waals surface area contributed by atoms with Gasteiger partial charge >= 0.3 is 0 Å². The molecule has 1 aromatic rings. The Hall–Kier alpha value is -1.42. The van der Waals surface area contributed by atoms with Gasteiger partial charge in [0.25, 0.3) is 0 Å². The molecular formula is C16H26N2O2. The fourth-order valence-corrected chi connectivity index (χ4v) is 2.06. The van der Waals surface area contributed by atoms with Crippen molar-refractivity contribution in [2.24, 2.45) is 11.8 Å². The molecule has 20 heavy (non-hydrogen) atoms. The molecule has 0 spiro atoms. The molecule has 2 unspecified atom stereocenters. The zero-order valence-electron chi connectivity index (χ0n) is 12.8. The minimum atomic E-state index is -0.578. The Balaban J connectivity index is 2.54. The number of hydrogen-bond donors (Lipinski definition) is 2. The Kier molecular flexibility index (Phi) is 6.65. The SMILES string of the molecule is CC(C)C(O)CC(=O)NCC(c1cccnc1)C(C)C. The third-order valence-corrected chi connectivity index (χ3v) is 3.60. The number of aliphatic hydroxyl groups excluding tert-OH is 1. The van der Waals surface area contributed by atoms with Crippen molar-refractivity contribution >= 4 is 5.91 Å². The summed E-state index contributed by atoms with van der Waals surface area (Å²) < 4.78 is 0. The van der Waals surface area contributed by atoms with Crippen molar-refractivity contribution < 1.29 is 9.90 Å². The van der Waals surface area contributed by atoms with Gasteiger partial charge < -0.3 is 10.4 Å². The van der Waals surface area contributed by atoms with Crippen LogP contribution in [-0.2, 0) is 4.79 Å². The molecule has 0 radical (unpaired) electrons. The summed E-state index contributed by atoms with van der Waals surface area (Å²) in [6.07, 6.45) is 3.18. The molecular weight excluding hydrogens is 252 g/mol. The number of nitrogens with one attached hydrogen (secondary N) is 1. The summed E-state index contributed by atoms with van der Waals surface area (Å²) >= 11 is 0. The standard InChI is InChI=1S/C16H26N2O2/c1-11(2)14(13-6-5-7-17-9-13)10-18-16(20)8-15(19)12(3)4/h5-7,9,11-12,14-15,19H,8,10H2,1-4H3,(H,18,20). The second-order valence-corrected chi connectivity index (χ2v) is 5.96. The molecule has 4 heteroatoms. The van der Waals surface area contributed by atoms with Gasteiger partial charge in [0.1, 0.15) is 0 Å². The van der Waals surface area contributed by atoms with Crippen LogP contribution in [0.15, 0.2) is 24.5 Å². The van der Waals surface area contributed by atoms with E-state index in [2.05, 4.69) is 24.1 Å². The van der Waals surface area contributed by atoms with Gasteiger partial charge in [0.15, 0.2) is 0 Å². The van der Waals surface area contributed by atoms with Crippen molar-refractivity contribution in [2.75, 3.05) is 6.54 Å². The van der Waals surface area contributed by atoms with Crippen molar-refractivity contribution in [2.45, 2.75) is 46.1 Å². The maximum absolute atomic E-state index is 11.8. The fraction of sp³-hybridized carbons (Fsp3) is 0.625. The third-order valence-electron chi connectivity index (χ3n) is 3.60. The Morgan fingerprint density at radius 2 is 2.00 bits per heavy atom. The summed E-state index contributed by atoms with van der Waals surface area (Å²) in [6, 6.07) is 3.95. The highest BCUT2D eigenvalue weighted by atomic mass is 16.3. The average molecular weight is 278 g/mol. The van der Waals surface area contributed by atoms with E-state index in [1.807, 2.05) is 32.2 Å². The van der Waals surface area contributed by atoms with Gasteiger partial charge in [-0.25, -0.2) is 0 Å². The summed E-state index contributed by atoms with van der Waals surface area (Å²) in [5, 5.41) is 12.6. The summed E-state index contributed by atoms with van der Waals surface area (Å²) in [7, 11) is 0. The molecule has 4 nitrogen and oxygen atoms in total. The molecule has 0 saturated heterocycles. The molecule has 0 aliphatic heterocycles. The second kappa shape index (κ2) is 8.00. The van der Waals surface area contributed by atoms with Crippen LogP contribution in [0.1, 0.15) is 45.6 Å². The van der Waals surface area contributed by atoms with E-state index in [1.54, 1.807) is 6.20 Å². The molecule has 0 aliphatic carbocycles. The summed E-state index contributed by atoms with van der Waals surface area (Å²) in [4.78, 5) is 16.0. The molecule has 1 aromatic heterocycles. The maximum atomic E-state index is 11.8. The Morgan fingerprint density at radius 1 is 1.30 bits per heavy atom. The lowest BCUT2D eigenvalue weighted by Crippen LogP contribution is -2.33. The molecule has 2 N–H and O–H groups in total. The van der Waals surface area contributed by atoms with Crippen LogP contribution in [0.2, 0.25) is 0 Å². The summed E-state index contributed by atoms with van der Waals surface area (Å²) in [5.74, 6) is 0.652. The maximum Gasteiger partial charge on any atom is 0.222 e. The van der Waals surface area contributed by atoms with Crippen LogP contribution in [0.4, 0.5) is 0 Å². The minimum absolute atomic E-state index is 0.0965. The monoisotopic (exact) mass is 278 g/mol. The largest absolute Gasteiger partial charge is 0.392 e. The molecule has 112 valence electrons. The van der Waals surface area contributed by atoms with E-state index in [9.17, 15) is 9.90 Å². The number of carbonyl (C=O) groups is 1. The molecule has 0 saturated carbocycles. The van der Waals surface area contributed by atoms with Gasteiger partial charge in [-0.1, -0.05) is 33.8 Å². The minimum Gasteiger partial charge on any atom is -0.392 e. The lowest BCUT2D eigenvalue weighted by Gasteiger charge is -2.22. The van der Waals surface area contributed by atoms with Gasteiger partial charge in [0.2, 0.25) is 5.91 Å². The number of pyridine rings is 1. The lowest BCUT2D eigenvalue weighted by molar-refractivity contribution is -0.123. The van der Waals surface area contributed by atoms with E-state index >= 15 is 0 Å². The van der Waals surface area contributed by atoms with E-state index in [1.165, 1.54) is 0 Å². The first-order valence-corrected chi connectivity index (χ1v) is 7.26. The first-order valence-electron chi connectivity index (χ1n) is 7.26. The van der Waals surface area contributed by atoms with E-state index in [4.69, 9.17) is 0 Å². The topological polar surface area (TPSA) is 62.2 Å². The quantitative estimate of drug-likeness (QED) is 0.804. The number of aromatic nitrogens is 1. The van der Waals surface area contributed by atoms with Crippen molar-refractivity contribution in [1.82, 2.24) is 10.3 Å². The van der Waals surface area contributed by atoms with E-state index in [-0.39, 0.29) is 24.2 Å². The number of rotatable bonds is 7. The first-order chi connectivity index (χ1) is 9.41. The van der Waals surface area contributed by atoms with E-state index < -0.39 is 6.10 Å². The summed E-state index contributed by atoms with van der Waals surface area (Å²) in [6.45, 7) is 8.65. The number of hydrogen-bond acceptors (Lipinski definition) is 3. The van der Waals surface area contributed by atoms with E-state index in [0.29, 0.717) is 12.5 Å². The molecule has 1 rings (SSSR count). The lowest BCUT2D eigenvalue weighted by atomic mass is 9.89. The number of aliphatic hydroxyl groups is 1. The van der Waals surface area contributed by atoms with Crippen LogP contribution in [0.25, 0.3) is 0 Å². The molecule has 0 bridgehead atoms. The number of nitrogens with zero attached hydrogens (tertiary/aromatic N) is 1.